The van der Waals surface area contributed by atoms with E-state index in [0.29, 0.717) is 18.9 Å². The fraction of sp³-hybridized carbons (Fsp3) is 0.500. The van der Waals surface area contributed by atoms with Gasteiger partial charge in [-0.3, -0.25) is 4.79 Å². The number of carboxylic acids is 1. The molecule has 0 radical (unpaired) electrons. The van der Waals surface area contributed by atoms with Gasteiger partial charge in [-0.25, -0.2) is 0 Å². The largest absolute Gasteiger partial charge is 0.490 e. The van der Waals surface area contributed by atoms with E-state index in [-0.39, 0.29) is 5.56 Å². The van der Waals surface area contributed by atoms with Gasteiger partial charge in [0.1, 0.15) is 12.4 Å². The third-order valence-corrected chi connectivity index (χ3v) is 3.72. The van der Waals surface area contributed by atoms with Crippen molar-refractivity contribution in [1.29, 1.82) is 0 Å². The molecule has 1 aromatic carbocycles. The number of carboxylic acid groups (broad SMARTS) is 1. The Bertz CT molecular complexity index is 545. The van der Waals surface area contributed by atoms with Crippen molar-refractivity contribution in [2.24, 2.45) is 5.92 Å². The maximum atomic E-state index is 12.8. The van der Waals surface area contributed by atoms with E-state index in [1.165, 1.54) is 12.1 Å². The van der Waals surface area contributed by atoms with Crippen LogP contribution in [-0.2, 0) is 4.79 Å². The minimum absolute atomic E-state index is 0.0985. The summed E-state index contributed by atoms with van der Waals surface area (Å²) in [5.41, 5.74) is 0.843. The summed E-state index contributed by atoms with van der Waals surface area (Å²) >= 11 is 0. The van der Waals surface area contributed by atoms with E-state index in [1.807, 2.05) is 11.9 Å². The Morgan fingerprint density at radius 2 is 2.10 bits per heavy atom. The molecule has 1 heterocycles. The SMILES string of the molecule is C[C@H]([C@@H](C(=O)O)c1ccc2c(c1)OCCN2C)C(F)(F)F. The van der Waals surface area contributed by atoms with Crippen molar-refractivity contribution in [3.8, 4) is 5.75 Å². The number of alkyl halides is 3. The van der Waals surface area contributed by atoms with Crippen LogP contribution in [0.4, 0.5) is 18.9 Å². The van der Waals surface area contributed by atoms with E-state index < -0.39 is 24.0 Å². The Balaban J connectivity index is 2.40. The van der Waals surface area contributed by atoms with Crippen molar-refractivity contribution in [2.75, 3.05) is 25.1 Å². The van der Waals surface area contributed by atoms with E-state index in [9.17, 15) is 18.0 Å². The monoisotopic (exact) mass is 303 g/mol. The van der Waals surface area contributed by atoms with Crippen LogP contribution in [0.25, 0.3) is 0 Å². The van der Waals surface area contributed by atoms with Crippen molar-refractivity contribution in [3.05, 3.63) is 23.8 Å². The molecule has 0 fully saturated rings. The minimum Gasteiger partial charge on any atom is -0.490 e. The molecule has 4 nitrogen and oxygen atoms in total. The van der Waals surface area contributed by atoms with Crippen molar-refractivity contribution in [3.63, 3.8) is 0 Å². The van der Waals surface area contributed by atoms with Crippen LogP contribution in [0.1, 0.15) is 18.4 Å². The molecule has 2 rings (SSSR count). The summed E-state index contributed by atoms with van der Waals surface area (Å²) in [5.74, 6) is -4.70. The first kappa shape index (κ1) is 15.5. The number of ether oxygens (including phenoxy) is 1. The third kappa shape index (κ3) is 3.06. The molecule has 1 N–H and O–H groups in total. The van der Waals surface area contributed by atoms with Gasteiger partial charge in [0.25, 0.3) is 0 Å². The zero-order chi connectivity index (χ0) is 15.8. The number of anilines is 1. The quantitative estimate of drug-likeness (QED) is 0.933. The van der Waals surface area contributed by atoms with Crippen LogP contribution in [0.5, 0.6) is 5.75 Å². The van der Waals surface area contributed by atoms with E-state index in [1.54, 1.807) is 6.07 Å². The second-order valence-corrected chi connectivity index (χ2v) is 5.14. The highest BCUT2D eigenvalue weighted by Gasteiger charge is 2.45. The van der Waals surface area contributed by atoms with Crippen molar-refractivity contribution in [1.82, 2.24) is 0 Å². The lowest BCUT2D eigenvalue weighted by Gasteiger charge is -2.29. The summed E-state index contributed by atoms with van der Waals surface area (Å²) in [7, 11) is 1.84. The first-order chi connectivity index (χ1) is 9.71. The highest BCUT2D eigenvalue weighted by Crippen LogP contribution is 2.40. The number of benzene rings is 1. The van der Waals surface area contributed by atoms with Crippen LogP contribution in [0.3, 0.4) is 0 Å². The van der Waals surface area contributed by atoms with Crippen LogP contribution >= 0.6 is 0 Å². The summed E-state index contributed by atoms with van der Waals surface area (Å²) in [4.78, 5) is 13.2. The Kier molecular flexibility index (Phi) is 4.02. The molecule has 0 saturated carbocycles. The highest BCUT2D eigenvalue weighted by atomic mass is 19.4. The topological polar surface area (TPSA) is 49.8 Å². The number of rotatable bonds is 3. The fourth-order valence-corrected chi connectivity index (χ4v) is 2.40. The smallest absolute Gasteiger partial charge is 0.392 e. The van der Waals surface area contributed by atoms with E-state index in [2.05, 4.69) is 0 Å². The summed E-state index contributed by atoms with van der Waals surface area (Å²) in [5, 5.41) is 9.17. The van der Waals surface area contributed by atoms with E-state index in [4.69, 9.17) is 9.84 Å². The van der Waals surface area contributed by atoms with Gasteiger partial charge in [-0.05, 0) is 17.7 Å². The molecule has 0 aliphatic carbocycles. The average molecular weight is 303 g/mol. The van der Waals surface area contributed by atoms with Gasteiger partial charge in [0.2, 0.25) is 0 Å². The van der Waals surface area contributed by atoms with Gasteiger partial charge in [-0.15, -0.1) is 0 Å². The number of aliphatic carboxylic acids is 1. The molecule has 116 valence electrons. The molecule has 1 aromatic rings. The van der Waals surface area contributed by atoms with Gasteiger partial charge in [-0.2, -0.15) is 13.2 Å². The molecule has 0 amide bonds. The molecule has 2 atom stereocenters. The highest BCUT2D eigenvalue weighted by molar-refractivity contribution is 5.77. The molecule has 1 aliphatic rings. The first-order valence-corrected chi connectivity index (χ1v) is 6.49. The zero-order valence-corrected chi connectivity index (χ0v) is 11.6. The van der Waals surface area contributed by atoms with Gasteiger partial charge < -0.3 is 14.7 Å². The molecule has 7 heteroatoms. The Morgan fingerprint density at radius 3 is 2.67 bits per heavy atom. The second-order valence-electron chi connectivity index (χ2n) is 5.14. The molecule has 0 bridgehead atoms. The number of nitrogens with zero attached hydrogens (tertiary/aromatic N) is 1. The number of halogens is 3. The second kappa shape index (κ2) is 5.46. The normalized spacial score (nSPS) is 17.7. The molecule has 0 spiro atoms. The lowest BCUT2D eigenvalue weighted by molar-refractivity contribution is -0.183. The maximum Gasteiger partial charge on any atom is 0.392 e. The van der Waals surface area contributed by atoms with Crippen molar-refractivity contribution in [2.45, 2.75) is 19.0 Å². The minimum atomic E-state index is -4.57. The van der Waals surface area contributed by atoms with Crippen LogP contribution in [-0.4, -0.2) is 37.5 Å². The molecule has 0 unspecified atom stereocenters. The first-order valence-electron chi connectivity index (χ1n) is 6.49. The summed E-state index contributed by atoms with van der Waals surface area (Å²) in [6, 6.07) is 4.42. The predicted molar refractivity (Wildman–Crippen MR) is 70.8 cm³/mol. The molecular weight excluding hydrogens is 287 g/mol. The molecule has 0 saturated heterocycles. The Labute approximate surface area is 120 Å². The number of hydrogen-bond acceptors (Lipinski definition) is 3. The number of carbonyl (C=O) groups is 1. The fourth-order valence-electron chi connectivity index (χ4n) is 2.40. The Morgan fingerprint density at radius 1 is 1.43 bits per heavy atom. The van der Waals surface area contributed by atoms with Crippen molar-refractivity contribution >= 4 is 11.7 Å². The maximum absolute atomic E-state index is 12.8. The zero-order valence-electron chi connectivity index (χ0n) is 11.6. The summed E-state index contributed by atoms with van der Waals surface area (Å²) < 4.78 is 43.9. The van der Waals surface area contributed by atoms with Crippen LogP contribution in [0.15, 0.2) is 18.2 Å². The van der Waals surface area contributed by atoms with Gasteiger partial charge in [0, 0.05) is 7.05 Å². The van der Waals surface area contributed by atoms with Gasteiger partial charge in [0.15, 0.2) is 0 Å². The number of likely N-dealkylation sites (N-methyl/N-ethyl adjacent to an activating group) is 1. The van der Waals surface area contributed by atoms with Crippen LogP contribution in [0, 0.1) is 5.92 Å². The lowest BCUT2D eigenvalue weighted by Crippen LogP contribution is -2.32. The van der Waals surface area contributed by atoms with E-state index in [0.717, 1.165) is 12.6 Å². The summed E-state index contributed by atoms with van der Waals surface area (Å²) in [6.07, 6.45) is -4.57. The third-order valence-electron chi connectivity index (χ3n) is 3.72. The van der Waals surface area contributed by atoms with Gasteiger partial charge in [-0.1, -0.05) is 13.0 Å². The predicted octanol–water partition coefficient (Wildman–Crippen LogP) is 2.88. The van der Waals surface area contributed by atoms with Crippen LogP contribution in [0.2, 0.25) is 0 Å². The van der Waals surface area contributed by atoms with Crippen LogP contribution < -0.4 is 9.64 Å². The van der Waals surface area contributed by atoms with E-state index >= 15 is 0 Å². The van der Waals surface area contributed by atoms with Crippen molar-refractivity contribution < 1.29 is 27.8 Å². The molecule has 1 aliphatic heterocycles. The summed E-state index contributed by atoms with van der Waals surface area (Å²) in [6.45, 7) is 1.97. The molecular formula is C14H16F3NO3. The number of hydrogen-bond donors (Lipinski definition) is 1. The molecule has 0 aromatic heterocycles. The van der Waals surface area contributed by atoms with Gasteiger partial charge >= 0.3 is 12.1 Å². The standard InChI is InChI=1S/C14H16F3NO3/c1-8(14(15,16)17)12(13(19)20)9-3-4-10-11(7-9)21-6-5-18(10)2/h3-4,7-8,12H,5-6H2,1-2H3,(H,19,20)/t8-,12-/m1/s1. The average Bonchev–Trinajstić information content (AvgIpc) is 2.37. The lowest BCUT2D eigenvalue weighted by atomic mass is 9.86. The Hall–Kier alpha value is -1.92. The number of fused-ring (bicyclic) bond motifs is 1. The van der Waals surface area contributed by atoms with Gasteiger partial charge in [0.05, 0.1) is 24.1 Å². The molecule has 21 heavy (non-hydrogen) atoms.